The Labute approximate surface area is 219 Å². The Morgan fingerprint density at radius 1 is 1.24 bits per heavy atom. The summed E-state index contributed by atoms with van der Waals surface area (Å²) >= 11 is 1.54. The molecule has 0 radical (unpaired) electrons. The van der Waals surface area contributed by atoms with Crippen LogP contribution in [0.5, 0.6) is 17.2 Å². The van der Waals surface area contributed by atoms with Gasteiger partial charge < -0.3 is 23.9 Å². The number of hydrogen-bond donors (Lipinski definition) is 1. The minimum Gasteiger partial charge on any atom is -0.486 e. The molecule has 0 bridgehead atoms. The summed E-state index contributed by atoms with van der Waals surface area (Å²) in [5, 5.41) is 1.65. The van der Waals surface area contributed by atoms with E-state index in [-0.39, 0.29) is 22.3 Å². The van der Waals surface area contributed by atoms with Crippen LogP contribution in [0, 0.1) is 0 Å². The number of carbonyl (C=O) groups is 1. The van der Waals surface area contributed by atoms with Gasteiger partial charge in [-0.25, -0.2) is 13.4 Å². The third-order valence-electron chi connectivity index (χ3n) is 5.37. The van der Waals surface area contributed by atoms with Crippen LogP contribution >= 0.6 is 11.8 Å². The van der Waals surface area contributed by atoms with Crippen molar-refractivity contribution in [3.05, 3.63) is 42.2 Å². The van der Waals surface area contributed by atoms with Crippen molar-refractivity contribution in [3.8, 4) is 17.2 Å². The van der Waals surface area contributed by atoms with Crippen LogP contribution in [0.15, 0.2) is 46.5 Å². The molecule has 12 heteroatoms. The topological polar surface area (TPSA) is 129 Å². The van der Waals surface area contributed by atoms with Crippen molar-refractivity contribution in [2.45, 2.75) is 36.6 Å². The number of methoxy groups -OCH3 is 1. The number of nitrogens with one attached hydrogen (secondary N) is 1. The second-order valence-corrected chi connectivity index (χ2v) is 11.8. The van der Waals surface area contributed by atoms with Gasteiger partial charge in [0.1, 0.15) is 28.4 Å². The zero-order valence-corrected chi connectivity index (χ0v) is 22.6. The van der Waals surface area contributed by atoms with E-state index in [9.17, 15) is 13.2 Å². The smallest absolute Gasteiger partial charge is 0.306 e. The monoisotopic (exact) mass is 547 g/mol. The van der Waals surface area contributed by atoms with E-state index in [1.54, 1.807) is 26.2 Å². The van der Waals surface area contributed by atoms with E-state index >= 15 is 0 Å². The van der Waals surface area contributed by atoms with Crippen LogP contribution in [-0.2, 0) is 24.1 Å². The number of carbonyl (C=O) groups excluding carboxylic acids is 1. The van der Waals surface area contributed by atoms with Gasteiger partial charge in [-0.2, -0.15) is 0 Å². The van der Waals surface area contributed by atoms with Crippen LogP contribution in [0.1, 0.15) is 26.0 Å². The lowest BCUT2D eigenvalue weighted by atomic mass is 10.2. The molecular weight excluding hydrogens is 518 g/mol. The molecule has 4 rings (SSSR count). The average Bonchev–Trinajstić information content (AvgIpc) is 3.46. The van der Waals surface area contributed by atoms with E-state index < -0.39 is 9.84 Å². The largest absolute Gasteiger partial charge is 0.486 e. The van der Waals surface area contributed by atoms with Gasteiger partial charge in [-0.15, -0.1) is 0 Å². The van der Waals surface area contributed by atoms with Gasteiger partial charge in [0.15, 0.2) is 14.9 Å². The SMILES string of the molecule is CCOC(=O)CC1CN=C(c2cc3cc(Oc4ccc(S(C)(=O)=O)nc4)cc(OC(C)COC)c3[nH]2)S1. The average molecular weight is 548 g/mol. The number of sulfone groups is 1. The normalized spacial score (nSPS) is 16.4. The van der Waals surface area contributed by atoms with E-state index in [0.717, 1.165) is 27.9 Å². The molecule has 2 unspecified atom stereocenters. The lowest BCUT2D eigenvalue weighted by Crippen LogP contribution is -2.18. The van der Waals surface area contributed by atoms with E-state index in [2.05, 4.69) is 15.0 Å². The summed E-state index contributed by atoms with van der Waals surface area (Å²) in [5.41, 5.74) is 1.58. The number of benzene rings is 1. The zero-order chi connectivity index (χ0) is 26.6. The van der Waals surface area contributed by atoms with E-state index in [4.69, 9.17) is 18.9 Å². The molecule has 3 aromatic rings. The van der Waals surface area contributed by atoms with Gasteiger partial charge in [0.2, 0.25) is 0 Å². The zero-order valence-electron chi connectivity index (χ0n) is 21.0. The summed E-state index contributed by atoms with van der Waals surface area (Å²) in [6.45, 7) is 4.98. The molecule has 2 aromatic heterocycles. The lowest BCUT2D eigenvalue weighted by molar-refractivity contribution is -0.143. The lowest BCUT2D eigenvalue weighted by Gasteiger charge is -2.16. The predicted molar refractivity (Wildman–Crippen MR) is 142 cm³/mol. The van der Waals surface area contributed by atoms with Gasteiger partial charge in [-0.1, -0.05) is 11.8 Å². The Hall–Kier alpha value is -3.09. The molecule has 0 amide bonds. The Bertz CT molecular complexity index is 1400. The van der Waals surface area contributed by atoms with Gasteiger partial charge in [-0.3, -0.25) is 9.79 Å². The summed E-state index contributed by atoms with van der Waals surface area (Å²) in [5.74, 6) is 1.22. The molecule has 0 saturated carbocycles. The standard InChI is InChI=1S/C25H29N3O7S2/c1-5-33-23(29)11-19-13-27-25(36-19)20-9-16-8-18(10-21(24(16)28-20)34-15(2)14-32-3)35-17-6-7-22(26-12-17)37(4,30)31/h6-10,12,15,19,28H,5,11,13-14H2,1-4H3. The van der Waals surface area contributed by atoms with Gasteiger partial charge >= 0.3 is 5.97 Å². The van der Waals surface area contributed by atoms with Crippen molar-refractivity contribution in [2.24, 2.45) is 4.99 Å². The highest BCUT2D eigenvalue weighted by atomic mass is 32.2. The van der Waals surface area contributed by atoms with Crippen molar-refractivity contribution in [1.82, 2.24) is 9.97 Å². The maximum Gasteiger partial charge on any atom is 0.306 e. The Morgan fingerprint density at radius 3 is 2.73 bits per heavy atom. The highest BCUT2D eigenvalue weighted by Gasteiger charge is 2.25. The molecule has 3 heterocycles. The number of aromatic nitrogens is 2. The number of ether oxygens (including phenoxy) is 4. The van der Waals surface area contributed by atoms with Crippen LogP contribution in [0.3, 0.4) is 0 Å². The van der Waals surface area contributed by atoms with Crippen LogP contribution in [0.25, 0.3) is 10.9 Å². The van der Waals surface area contributed by atoms with E-state index in [0.29, 0.717) is 43.4 Å². The minimum absolute atomic E-state index is 0.0270. The number of aliphatic imine (C=N–C) groups is 1. The Balaban J connectivity index is 1.61. The summed E-state index contributed by atoms with van der Waals surface area (Å²) < 4.78 is 45.8. The first kappa shape index (κ1) is 27.0. The van der Waals surface area contributed by atoms with Crippen LogP contribution < -0.4 is 9.47 Å². The maximum absolute atomic E-state index is 11.9. The second-order valence-electron chi connectivity index (χ2n) is 8.55. The molecule has 0 saturated heterocycles. The molecule has 1 N–H and O–H groups in total. The molecule has 1 aliphatic heterocycles. The van der Waals surface area contributed by atoms with Crippen molar-refractivity contribution < 1.29 is 32.2 Å². The molecular formula is C25H29N3O7S2. The first-order chi connectivity index (χ1) is 17.7. The number of nitrogens with zero attached hydrogens (tertiary/aromatic N) is 2. The molecule has 1 aromatic carbocycles. The van der Waals surface area contributed by atoms with E-state index in [1.165, 1.54) is 24.0 Å². The highest BCUT2D eigenvalue weighted by Crippen LogP contribution is 2.36. The van der Waals surface area contributed by atoms with Gasteiger partial charge in [0.25, 0.3) is 0 Å². The second kappa shape index (κ2) is 11.5. The molecule has 198 valence electrons. The van der Waals surface area contributed by atoms with Crippen LogP contribution in [-0.4, -0.2) is 73.9 Å². The van der Waals surface area contributed by atoms with Gasteiger partial charge in [0, 0.05) is 30.1 Å². The van der Waals surface area contributed by atoms with Crippen LogP contribution in [0.4, 0.5) is 0 Å². The fraction of sp³-hybridized carbons (Fsp3) is 0.400. The summed E-state index contributed by atoms with van der Waals surface area (Å²) in [6, 6.07) is 8.52. The summed E-state index contributed by atoms with van der Waals surface area (Å²) in [6.07, 6.45) is 2.55. The quantitative estimate of drug-likeness (QED) is 0.354. The summed E-state index contributed by atoms with van der Waals surface area (Å²) in [7, 11) is -1.80. The van der Waals surface area contributed by atoms with Gasteiger partial charge in [-0.05, 0) is 38.1 Å². The number of thioether (sulfide) groups is 1. The molecule has 37 heavy (non-hydrogen) atoms. The van der Waals surface area contributed by atoms with Crippen LogP contribution in [0.2, 0.25) is 0 Å². The van der Waals surface area contributed by atoms with Crippen molar-refractivity contribution >= 4 is 43.5 Å². The fourth-order valence-electron chi connectivity index (χ4n) is 3.80. The molecule has 10 nitrogen and oxygen atoms in total. The number of hydrogen-bond acceptors (Lipinski definition) is 10. The number of rotatable bonds is 11. The molecule has 0 fully saturated rings. The first-order valence-electron chi connectivity index (χ1n) is 11.7. The number of aromatic amines is 1. The van der Waals surface area contributed by atoms with Crippen molar-refractivity contribution in [1.29, 1.82) is 0 Å². The molecule has 1 aliphatic rings. The van der Waals surface area contributed by atoms with Gasteiger partial charge in [0.05, 0.1) is 43.6 Å². The highest BCUT2D eigenvalue weighted by molar-refractivity contribution is 8.15. The fourth-order valence-corrected chi connectivity index (χ4v) is 5.43. The predicted octanol–water partition coefficient (Wildman–Crippen LogP) is 3.99. The molecule has 2 atom stereocenters. The van der Waals surface area contributed by atoms with Crippen molar-refractivity contribution in [3.63, 3.8) is 0 Å². The third-order valence-corrected chi connectivity index (χ3v) is 7.59. The number of pyridine rings is 1. The number of H-pyrrole nitrogens is 1. The molecule has 0 spiro atoms. The number of esters is 1. The first-order valence-corrected chi connectivity index (χ1v) is 14.5. The van der Waals surface area contributed by atoms with E-state index in [1.807, 2.05) is 19.1 Å². The Morgan fingerprint density at radius 2 is 2.05 bits per heavy atom. The minimum atomic E-state index is -3.41. The van der Waals surface area contributed by atoms with Crippen molar-refractivity contribution in [2.75, 3.05) is 33.1 Å². The molecule has 0 aliphatic carbocycles. The third kappa shape index (κ3) is 6.82. The number of fused-ring (bicyclic) bond motifs is 1. The summed E-state index contributed by atoms with van der Waals surface area (Å²) in [4.78, 5) is 23.9. The Kier molecular flexibility index (Phi) is 8.40. The maximum atomic E-state index is 11.9.